The molecule has 0 bridgehead atoms. The summed E-state index contributed by atoms with van der Waals surface area (Å²) in [7, 11) is 1.26. The second-order valence-corrected chi connectivity index (χ2v) is 5.19. The second kappa shape index (κ2) is 5.25. The molecule has 0 aromatic rings. The van der Waals surface area contributed by atoms with Gasteiger partial charge in [0.15, 0.2) is 0 Å². The third-order valence-electron chi connectivity index (χ3n) is 2.56. The molecule has 2 atom stereocenters. The number of carbonyl (C=O) groups is 2. The van der Waals surface area contributed by atoms with Crippen LogP contribution in [0, 0.1) is 6.57 Å². The first-order chi connectivity index (χ1) is 8.28. The molecule has 0 aromatic carbocycles. The second-order valence-electron chi connectivity index (χ2n) is 5.19. The summed E-state index contributed by atoms with van der Waals surface area (Å²) in [5.41, 5.74) is -0.631. The van der Waals surface area contributed by atoms with Gasteiger partial charge in [-0.3, -0.25) is 4.90 Å². The molecule has 1 amide bonds. The SMILES string of the molecule is [C-]#[N+][C@H]1C[C@@H](C(=O)OC)N(C(=O)OC(C)(C)C)C1. The standard InChI is InChI=1S/C12H18N2O4/c1-12(2,3)18-11(16)14-7-8(13-4)6-9(14)10(15)17-5/h8-9H,6-7H2,1-3,5H3/t8-,9-/m0/s1. The monoisotopic (exact) mass is 254 g/mol. The first kappa shape index (κ1) is 14.3. The first-order valence-electron chi connectivity index (χ1n) is 5.72. The Balaban J connectivity index is 2.81. The van der Waals surface area contributed by atoms with Crippen LogP contribution >= 0.6 is 0 Å². The van der Waals surface area contributed by atoms with Crippen molar-refractivity contribution < 1.29 is 19.1 Å². The van der Waals surface area contributed by atoms with Gasteiger partial charge in [-0.05, 0) is 20.8 Å². The van der Waals surface area contributed by atoms with Crippen molar-refractivity contribution in [3.63, 3.8) is 0 Å². The first-order valence-corrected chi connectivity index (χ1v) is 5.72. The van der Waals surface area contributed by atoms with Crippen molar-refractivity contribution in [2.24, 2.45) is 0 Å². The Labute approximate surface area is 107 Å². The Kier molecular flexibility index (Phi) is 4.17. The van der Waals surface area contributed by atoms with Gasteiger partial charge in [0, 0.05) is 0 Å². The molecular formula is C12H18N2O4. The van der Waals surface area contributed by atoms with E-state index in [1.807, 2.05) is 0 Å². The highest BCUT2D eigenvalue weighted by atomic mass is 16.6. The van der Waals surface area contributed by atoms with Crippen LogP contribution in [0.5, 0.6) is 0 Å². The summed E-state index contributed by atoms with van der Waals surface area (Å²) in [5.74, 6) is -0.507. The third kappa shape index (κ3) is 3.36. The number of rotatable bonds is 1. The molecule has 100 valence electrons. The Hall–Kier alpha value is -1.77. The van der Waals surface area contributed by atoms with Crippen molar-refractivity contribution in [1.82, 2.24) is 4.90 Å². The number of amides is 1. The maximum absolute atomic E-state index is 11.9. The maximum atomic E-state index is 11.9. The van der Waals surface area contributed by atoms with E-state index in [0.717, 1.165) is 0 Å². The summed E-state index contributed by atoms with van der Waals surface area (Å²) in [6.07, 6.45) is -0.279. The van der Waals surface area contributed by atoms with Crippen LogP contribution in [0.25, 0.3) is 4.85 Å². The van der Waals surface area contributed by atoms with Gasteiger partial charge in [0.1, 0.15) is 18.2 Å². The van der Waals surface area contributed by atoms with Crippen molar-refractivity contribution >= 4 is 12.1 Å². The molecule has 1 heterocycles. The van der Waals surface area contributed by atoms with Crippen LogP contribution in [0.2, 0.25) is 0 Å². The number of nitrogens with zero attached hydrogens (tertiary/aromatic N) is 2. The van der Waals surface area contributed by atoms with E-state index >= 15 is 0 Å². The van der Waals surface area contributed by atoms with Crippen LogP contribution in [-0.2, 0) is 14.3 Å². The fourth-order valence-corrected chi connectivity index (χ4v) is 1.79. The van der Waals surface area contributed by atoms with Gasteiger partial charge in [-0.25, -0.2) is 16.2 Å². The maximum Gasteiger partial charge on any atom is 0.411 e. The fourth-order valence-electron chi connectivity index (χ4n) is 1.79. The lowest BCUT2D eigenvalue weighted by atomic mass is 10.2. The van der Waals surface area contributed by atoms with E-state index < -0.39 is 23.7 Å². The topological polar surface area (TPSA) is 60.2 Å². The van der Waals surface area contributed by atoms with Gasteiger partial charge in [0.05, 0.1) is 13.5 Å². The molecule has 0 radical (unpaired) electrons. The van der Waals surface area contributed by atoms with Gasteiger partial charge >= 0.3 is 12.1 Å². The van der Waals surface area contributed by atoms with Crippen LogP contribution in [0.15, 0.2) is 0 Å². The zero-order chi connectivity index (χ0) is 13.9. The van der Waals surface area contributed by atoms with E-state index in [9.17, 15) is 9.59 Å². The minimum Gasteiger partial charge on any atom is -0.467 e. The van der Waals surface area contributed by atoms with E-state index in [1.54, 1.807) is 20.8 Å². The molecule has 0 spiro atoms. The number of hydrogen-bond acceptors (Lipinski definition) is 4. The molecule has 1 aliphatic heterocycles. The normalized spacial score (nSPS) is 23.4. The molecular weight excluding hydrogens is 236 g/mol. The molecule has 1 fully saturated rings. The van der Waals surface area contributed by atoms with Gasteiger partial charge in [0.25, 0.3) is 0 Å². The molecule has 18 heavy (non-hydrogen) atoms. The Bertz CT molecular complexity index is 381. The molecule has 0 unspecified atom stereocenters. The van der Waals surface area contributed by atoms with Gasteiger partial charge in [-0.2, -0.15) is 0 Å². The molecule has 6 nitrogen and oxygen atoms in total. The molecule has 0 aromatic heterocycles. The minimum atomic E-state index is -0.719. The largest absolute Gasteiger partial charge is 0.467 e. The number of methoxy groups -OCH3 is 1. The van der Waals surface area contributed by atoms with Crippen LogP contribution in [0.1, 0.15) is 27.2 Å². The Morgan fingerprint density at radius 2 is 2.00 bits per heavy atom. The lowest BCUT2D eigenvalue weighted by Gasteiger charge is -2.26. The van der Waals surface area contributed by atoms with E-state index in [0.29, 0.717) is 6.42 Å². The summed E-state index contributed by atoms with van der Waals surface area (Å²) in [5, 5.41) is 0. The molecule has 1 saturated heterocycles. The van der Waals surface area contributed by atoms with Crippen LogP contribution in [0.4, 0.5) is 4.79 Å². The van der Waals surface area contributed by atoms with Crippen molar-refractivity contribution in [2.75, 3.05) is 13.7 Å². The zero-order valence-electron chi connectivity index (χ0n) is 11.1. The predicted molar refractivity (Wildman–Crippen MR) is 63.8 cm³/mol. The van der Waals surface area contributed by atoms with Gasteiger partial charge < -0.3 is 14.3 Å². The zero-order valence-corrected chi connectivity index (χ0v) is 11.1. The fraction of sp³-hybridized carbons (Fsp3) is 0.750. The summed E-state index contributed by atoms with van der Waals surface area (Å²) in [4.78, 5) is 28.2. The number of hydrogen-bond donors (Lipinski definition) is 0. The summed E-state index contributed by atoms with van der Waals surface area (Å²) >= 11 is 0. The summed E-state index contributed by atoms with van der Waals surface area (Å²) < 4.78 is 9.86. The molecule has 0 saturated carbocycles. The highest BCUT2D eigenvalue weighted by Gasteiger charge is 2.45. The molecule has 1 rings (SSSR count). The highest BCUT2D eigenvalue weighted by Crippen LogP contribution is 2.24. The van der Waals surface area contributed by atoms with Crippen LogP contribution in [-0.4, -0.2) is 48.3 Å². The van der Waals surface area contributed by atoms with Gasteiger partial charge in [0.2, 0.25) is 6.04 Å². The molecule has 1 aliphatic rings. The summed E-state index contributed by atoms with van der Waals surface area (Å²) in [6.45, 7) is 12.5. The van der Waals surface area contributed by atoms with Gasteiger partial charge in [-0.1, -0.05) is 0 Å². The van der Waals surface area contributed by atoms with E-state index in [-0.39, 0.29) is 12.6 Å². The van der Waals surface area contributed by atoms with Crippen LogP contribution < -0.4 is 0 Å². The predicted octanol–water partition coefficient (Wildman–Crippen LogP) is 1.46. The molecule has 0 N–H and O–H groups in total. The lowest BCUT2D eigenvalue weighted by Crippen LogP contribution is -2.43. The lowest BCUT2D eigenvalue weighted by molar-refractivity contribution is -0.145. The average Bonchev–Trinajstić information content (AvgIpc) is 2.69. The minimum absolute atomic E-state index is 0.207. The smallest absolute Gasteiger partial charge is 0.411 e. The Morgan fingerprint density at radius 1 is 1.39 bits per heavy atom. The molecule has 6 heteroatoms. The summed E-state index contributed by atoms with van der Waals surface area (Å²) in [6, 6.07) is -1.09. The van der Waals surface area contributed by atoms with Crippen molar-refractivity contribution in [1.29, 1.82) is 0 Å². The number of esters is 1. The van der Waals surface area contributed by atoms with E-state index in [4.69, 9.17) is 11.3 Å². The van der Waals surface area contributed by atoms with Gasteiger partial charge in [-0.15, -0.1) is 0 Å². The van der Waals surface area contributed by atoms with Crippen LogP contribution in [0.3, 0.4) is 0 Å². The van der Waals surface area contributed by atoms with Crippen molar-refractivity contribution in [3.05, 3.63) is 11.4 Å². The molecule has 0 aliphatic carbocycles. The average molecular weight is 254 g/mol. The third-order valence-corrected chi connectivity index (χ3v) is 2.56. The van der Waals surface area contributed by atoms with E-state index in [2.05, 4.69) is 9.58 Å². The highest BCUT2D eigenvalue weighted by molar-refractivity contribution is 5.82. The van der Waals surface area contributed by atoms with Crippen molar-refractivity contribution in [2.45, 2.75) is 44.9 Å². The number of ether oxygens (including phenoxy) is 2. The Morgan fingerprint density at radius 3 is 2.44 bits per heavy atom. The number of likely N-dealkylation sites (tertiary alicyclic amines) is 1. The quantitative estimate of drug-likeness (QED) is 0.525. The number of carbonyl (C=O) groups excluding carboxylic acids is 2. The van der Waals surface area contributed by atoms with E-state index in [1.165, 1.54) is 12.0 Å². The van der Waals surface area contributed by atoms with Crippen molar-refractivity contribution in [3.8, 4) is 0 Å².